The molecule has 0 spiro atoms. The number of alkyl halides is 1. The topological polar surface area (TPSA) is 9.23 Å². The monoisotopic (exact) mass is 458 g/mol. The summed E-state index contributed by atoms with van der Waals surface area (Å²) < 4.78 is 36.4. The van der Waals surface area contributed by atoms with Crippen LogP contribution in [0.4, 0.5) is 8.78 Å². The summed E-state index contributed by atoms with van der Waals surface area (Å²) in [5.41, 5.74) is 4.20. The Labute approximate surface area is 201 Å². The standard InChI is InChI=1S/C31H32F2O/c1-3-5-9-21-31(34-4-2)22-20-28(29(32)30(31)33)27-18-16-26(17-19-27)25-14-12-24(13-15-25)23-10-7-6-8-11-23/h6-8,10-20,22,30H,3-5,9,21H2,1-2H3. The van der Waals surface area contributed by atoms with Crippen molar-refractivity contribution in [3.05, 3.63) is 102 Å². The highest BCUT2D eigenvalue weighted by Crippen LogP contribution is 2.41. The van der Waals surface area contributed by atoms with Gasteiger partial charge in [0.25, 0.3) is 0 Å². The fraction of sp³-hybridized carbons (Fsp3) is 0.290. The molecule has 1 aliphatic carbocycles. The highest BCUT2D eigenvalue weighted by atomic mass is 19.2. The molecule has 1 nitrogen and oxygen atoms in total. The van der Waals surface area contributed by atoms with Crippen molar-refractivity contribution >= 4 is 5.57 Å². The summed E-state index contributed by atoms with van der Waals surface area (Å²) in [5.74, 6) is -0.743. The molecular formula is C31H32F2O. The Hall–Kier alpha value is -3.04. The Kier molecular flexibility index (Phi) is 7.74. The largest absolute Gasteiger partial charge is 0.368 e. The van der Waals surface area contributed by atoms with Gasteiger partial charge in [-0.25, -0.2) is 8.78 Å². The normalized spacial score (nSPS) is 20.1. The lowest BCUT2D eigenvalue weighted by molar-refractivity contribution is -0.0585. The van der Waals surface area contributed by atoms with Crippen LogP contribution in [0.15, 0.2) is 96.8 Å². The molecule has 0 bridgehead atoms. The molecule has 0 aromatic heterocycles. The van der Waals surface area contributed by atoms with Crippen molar-refractivity contribution in [2.24, 2.45) is 0 Å². The van der Waals surface area contributed by atoms with Crippen molar-refractivity contribution in [2.75, 3.05) is 6.61 Å². The zero-order chi connectivity index (χ0) is 24.0. The van der Waals surface area contributed by atoms with E-state index in [4.69, 9.17) is 4.74 Å². The number of halogens is 2. The quantitative estimate of drug-likeness (QED) is 0.291. The molecule has 2 atom stereocenters. The van der Waals surface area contributed by atoms with E-state index in [9.17, 15) is 0 Å². The third kappa shape index (κ3) is 5.05. The van der Waals surface area contributed by atoms with Crippen LogP contribution in [-0.4, -0.2) is 18.4 Å². The maximum atomic E-state index is 15.4. The molecule has 1 aliphatic rings. The molecule has 0 saturated heterocycles. The second-order valence-corrected chi connectivity index (χ2v) is 8.82. The molecule has 3 aromatic carbocycles. The zero-order valence-corrected chi connectivity index (χ0v) is 19.9. The SMILES string of the molecule is CCCCCC1(OCC)C=CC(c2ccc(-c3ccc(-c4ccccc4)cc3)cc2)=C(F)C1F. The van der Waals surface area contributed by atoms with Crippen molar-refractivity contribution in [1.82, 2.24) is 0 Å². The van der Waals surface area contributed by atoms with Crippen LogP contribution in [0.5, 0.6) is 0 Å². The second-order valence-electron chi connectivity index (χ2n) is 8.82. The van der Waals surface area contributed by atoms with Crippen molar-refractivity contribution in [1.29, 1.82) is 0 Å². The smallest absolute Gasteiger partial charge is 0.184 e. The summed E-state index contributed by atoms with van der Waals surface area (Å²) in [6.45, 7) is 4.26. The Morgan fingerprint density at radius 1 is 0.735 bits per heavy atom. The van der Waals surface area contributed by atoms with Gasteiger partial charge in [0.15, 0.2) is 6.17 Å². The minimum Gasteiger partial charge on any atom is -0.368 e. The van der Waals surface area contributed by atoms with Crippen molar-refractivity contribution in [3.8, 4) is 22.3 Å². The lowest BCUT2D eigenvalue weighted by Gasteiger charge is -2.36. The van der Waals surface area contributed by atoms with Crippen molar-refractivity contribution in [2.45, 2.75) is 51.3 Å². The number of hydrogen-bond acceptors (Lipinski definition) is 1. The van der Waals surface area contributed by atoms with Gasteiger partial charge in [0, 0.05) is 12.2 Å². The van der Waals surface area contributed by atoms with Crippen LogP contribution < -0.4 is 0 Å². The van der Waals surface area contributed by atoms with Crippen LogP contribution in [0.25, 0.3) is 27.8 Å². The van der Waals surface area contributed by atoms with E-state index in [2.05, 4.69) is 43.3 Å². The molecule has 0 N–H and O–H groups in total. The van der Waals surface area contributed by atoms with Crippen LogP contribution in [0.1, 0.15) is 45.1 Å². The molecule has 3 heteroatoms. The molecule has 176 valence electrons. The average molecular weight is 459 g/mol. The minimum atomic E-state index is -1.80. The summed E-state index contributed by atoms with van der Waals surface area (Å²) in [7, 11) is 0. The summed E-state index contributed by atoms with van der Waals surface area (Å²) in [5, 5.41) is 0. The van der Waals surface area contributed by atoms with Gasteiger partial charge >= 0.3 is 0 Å². The summed E-state index contributed by atoms with van der Waals surface area (Å²) in [4.78, 5) is 0. The van der Waals surface area contributed by atoms with Gasteiger partial charge in [-0.15, -0.1) is 0 Å². The minimum absolute atomic E-state index is 0.296. The fourth-order valence-electron chi connectivity index (χ4n) is 4.63. The first kappa shape index (κ1) is 24.1. The number of unbranched alkanes of at least 4 members (excludes halogenated alkanes) is 2. The van der Waals surface area contributed by atoms with E-state index >= 15 is 8.78 Å². The predicted molar refractivity (Wildman–Crippen MR) is 138 cm³/mol. The van der Waals surface area contributed by atoms with Crippen LogP contribution in [0.2, 0.25) is 0 Å². The highest BCUT2D eigenvalue weighted by molar-refractivity contribution is 5.80. The summed E-state index contributed by atoms with van der Waals surface area (Å²) in [6, 6.07) is 26.3. The van der Waals surface area contributed by atoms with Gasteiger partial charge < -0.3 is 4.74 Å². The number of hydrogen-bond donors (Lipinski definition) is 0. The van der Waals surface area contributed by atoms with E-state index < -0.39 is 17.6 Å². The lowest BCUT2D eigenvalue weighted by Crippen LogP contribution is -2.43. The average Bonchev–Trinajstić information content (AvgIpc) is 2.88. The van der Waals surface area contributed by atoms with Crippen molar-refractivity contribution in [3.63, 3.8) is 0 Å². The Bertz CT molecular complexity index is 1130. The number of rotatable bonds is 9. The molecular weight excluding hydrogens is 426 g/mol. The Balaban J connectivity index is 1.53. The molecule has 0 saturated carbocycles. The maximum Gasteiger partial charge on any atom is 0.184 e. The van der Waals surface area contributed by atoms with E-state index in [0.29, 0.717) is 24.2 Å². The third-order valence-corrected chi connectivity index (χ3v) is 6.55. The first-order valence-corrected chi connectivity index (χ1v) is 12.2. The first-order chi connectivity index (χ1) is 16.6. The van der Waals surface area contributed by atoms with E-state index in [1.54, 1.807) is 12.2 Å². The van der Waals surface area contributed by atoms with Crippen LogP contribution >= 0.6 is 0 Å². The molecule has 4 rings (SSSR count). The molecule has 0 heterocycles. The third-order valence-electron chi connectivity index (χ3n) is 6.55. The first-order valence-electron chi connectivity index (χ1n) is 12.2. The van der Waals surface area contributed by atoms with Gasteiger partial charge in [-0.1, -0.05) is 111 Å². The van der Waals surface area contributed by atoms with Gasteiger partial charge in [0.1, 0.15) is 11.4 Å². The number of benzene rings is 3. The zero-order valence-electron chi connectivity index (χ0n) is 19.9. The predicted octanol–water partition coefficient (Wildman–Crippen LogP) is 8.96. The molecule has 0 aliphatic heterocycles. The number of ether oxygens (including phenoxy) is 1. The molecule has 34 heavy (non-hydrogen) atoms. The van der Waals surface area contributed by atoms with E-state index in [1.165, 1.54) is 5.56 Å². The van der Waals surface area contributed by atoms with E-state index in [0.717, 1.165) is 36.0 Å². The lowest BCUT2D eigenvalue weighted by atomic mass is 9.83. The Morgan fingerprint density at radius 3 is 1.79 bits per heavy atom. The van der Waals surface area contributed by atoms with Gasteiger partial charge in [-0.3, -0.25) is 0 Å². The molecule has 0 radical (unpaired) electrons. The summed E-state index contributed by atoms with van der Waals surface area (Å²) in [6.07, 6.45) is 4.90. The van der Waals surface area contributed by atoms with Gasteiger partial charge in [-0.2, -0.15) is 0 Å². The van der Waals surface area contributed by atoms with Gasteiger partial charge in [0.2, 0.25) is 0 Å². The highest BCUT2D eigenvalue weighted by Gasteiger charge is 2.43. The van der Waals surface area contributed by atoms with Gasteiger partial charge in [-0.05, 0) is 47.2 Å². The summed E-state index contributed by atoms with van der Waals surface area (Å²) >= 11 is 0. The van der Waals surface area contributed by atoms with E-state index in [1.807, 2.05) is 49.4 Å². The molecule has 0 fully saturated rings. The van der Waals surface area contributed by atoms with Gasteiger partial charge in [0.05, 0.1) is 0 Å². The second kappa shape index (κ2) is 10.9. The fourth-order valence-corrected chi connectivity index (χ4v) is 4.63. The molecule has 3 aromatic rings. The van der Waals surface area contributed by atoms with Crippen LogP contribution in [0, 0.1) is 0 Å². The van der Waals surface area contributed by atoms with Crippen LogP contribution in [-0.2, 0) is 4.74 Å². The van der Waals surface area contributed by atoms with Crippen LogP contribution in [0.3, 0.4) is 0 Å². The molecule has 2 unspecified atom stereocenters. The van der Waals surface area contributed by atoms with Crippen molar-refractivity contribution < 1.29 is 13.5 Å². The Morgan fingerprint density at radius 2 is 1.26 bits per heavy atom. The van der Waals surface area contributed by atoms with E-state index in [-0.39, 0.29) is 0 Å². The molecule has 0 amide bonds. The number of allylic oxidation sites excluding steroid dienone is 2. The maximum absolute atomic E-state index is 15.4.